The average Bonchev–Trinajstić information content (AvgIpc) is 2.71. The second kappa shape index (κ2) is 7.25. The van der Waals surface area contributed by atoms with E-state index in [1.807, 2.05) is 0 Å². The van der Waals surface area contributed by atoms with Gasteiger partial charge in [0.15, 0.2) is 5.82 Å². The minimum atomic E-state index is -0.757. The Morgan fingerprint density at radius 2 is 1.64 bits per heavy atom. The lowest BCUT2D eigenvalue weighted by Crippen LogP contribution is -2.35. The maximum atomic E-state index is 14.0. The lowest BCUT2D eigenvalue weighted by Gasteiger charge is -2.15. The third-order valence-corrected chi connectivity index (χ3v) is 4.46. The number of nitrogens with one attached hydrogen (secondary N) is 1. The first-order chi connectivity index (χ1) is 13.5. The van der Waals surface area contributed by atoms with E-state index in [2.05, 4.69) is 10.4 Å². The molecule has 3 aromatic carbocycles. The van der Waals surface area contributed by atoms with Gasteiger partial charge in [0.25, 0.3) is 11.5 Å². The number of amides is 1. The van der Waals surface area contributed by atoms with Crippen molar-refractivity contribution in [2.24, 2.45) is 0 Å². The van der Waals surface area contributed by atoms with E-state index < -0.39 is 17.3 Å². The van der Waals surface area contributed by atoms with Gasteiger partial charge in [-0.05, 0) is 48.5 Å². The first kappa shape index (κ1) is 17.9. The number of carbonyl (C=O) groups excluding carboxylic acids is 1. The monoisotopic (exact) mass is 393 g/mol. The standard InChI is InChI=1S/C21H13ClFN3O2/c22-14-11-9-13(10-12-14)19-24-18-8-4-2-6-16(18)21(28)26(19)25-20(27)15-5-1-3-7-17(15)23/h1-12H,(H,25,27). The van der Waals surface area contributed by atoms with Crippen LogP contribution in [0.2, 0.25) is 5.02 Å². The zero-order valence-corrected chi connectivity index (χ0v) is 15.2. The number of benzene rings is 3. The molecule has 1 aromatic heterocycles. The first-order valence-electron chi connectivity index (χ1n) is 8.38. The molecule has 0 spiro atoms. The summed E-state index contributed by atoms with van der Waals surface area (Å²) in [6.07, 6.45) is 0. The number of para-hydroxylation sites is 1. The Morgan fingerprint density at radius 1 is 0.964 bits per heavy atom. The summed E-state index contributed by atoms with van der Waals surface area (Å²) in [7, 11) is 0. The minimum Gasteiger partial charge on any atom is -0.267 e. The Balaban J connectivity index is 1.90. The lowest BCUT2D eigenvalue weighted by molar-refractivity contribution is 0.100. The summed E-state index contributed by atoms with van der Waals surface area (Å²) in [5, 5.41) is 0.850. The molecule has 0 saturated heterocycles. The molecule has 4 aromatic rings. The van der Waals surface area contributed by atoms with Gasteiger partial charge >= 0.3 is 0 Å². The van der Waals surface area contributed by atoms with E-state index in [1.165, 1.54) is 18.2 Å². The summed E-state index contributed by atoms with van der Waals surface area (Å²) < 4.78 is 15.0. The fourth-order valence-electron chi connectivity index (χ4n) is 2.84. The molecule has 0 aliphatic heterocycles. The molecule has 138 valence electrons. The van der Waals surface area contributed by atoms with Crippen molar-refractivity contribution in [3.63, 3.8) is 0 Å². The molecule has 0 saturated carbocycles. The molecule has 0 unspecified atom stereocenters. The summed E-state index contributed by atoms with van der Waals surface area (Å²) in [5.74, 6) is -1.23. The summed E-state index contributed by atoms with van der Waals surface area (Å²) in [6.45, 7) is 0. The van der Waals surface area contributed by atoms with Crippen molar-refractivity contribution in [2.75, 3.05) is 5.43 Å². The van der Waals surface area contributed by atoms with Gasteiger partial charge < -0.3 is 0 Å². The van der Waals surface area contributed by atoms with Gasteiger partial charge in [0.2, 0.25) is 0 Å². The number of rotatable bonds is 3. The Hall–Kier alpha value is -3.51. The van der Waals surface area contributed by atoms with Gasteiger partial charge in [-0.1, -0.05) is 35.9 Å². The fraction of sp³-hybridized carbons (Fsp3) is 0. The normalized spacial score (nSPS) is 10.8. The lowest BCUT2D eigenvalue weighted by atomic mass is 10.2. The van der Waals surface area contributed by atoms with Gasteiger partial charge in [-0.2, -0.15) is 4.68 Å². The van der Waals surface area contributed by atoms with E-state index in [9.17, 15) is 14.0 Å². The highest BCUT2D eigenvalue weighted by atomic mass is 35.5. The van der Waals surface area contributed by atoms with Gasteiger partial charge in [0.1, 0.15) is 5.82 Å². The maximum absolute atomic E-state index is 14.0. The Labute approximate surface area is 164 Å². The Bertz CT molecular complexity index is 1250. The SMILES string of the molecule is O=C(Nn1c(-c2ccc(Cl)cc2)nc2ccccc2c1=O)c1ccccc1F. The molecule has 0 aliphatic rings. The quantitative estimate of drug-likeness (QED) is 0.566. The molecule has 7 heteroatoms. The van der Waals surface area contributed by atoms with E-state index in [4.69, 9.17) is 11.6 Å². The van der Waals surface area contributed by atoms with Crippen LogP contribution < -0.4 is 11.0 Å². The molecule has 0 atom stereocenters. The van der Waals surface area contributed by atoms with Crippen molar-refractivity contribution < 1.29 is 9.18 Å². The van der Waals surface area contributed by atoms with Crippen LogP contribution in [0.15, 0.2) is 77.6 Å². The topological polar surface area (TPSA) is 64.0 Å². The van der Waals surface area contributed by atoms with Crippen LogP contribution in [-0.4, -0.2) is 15.6 Å². The van der Waals surface area contributed by atoms with E-state index >= 15 is 0 Å². The molecule has 1 amide bonds. The second-order valence-electron chi connectivity index (χ2n) is 6.02. The van der Waals surface area contributed by atoms with E-state index in [1.54, 1.807) is 54.6 Å². The maximum Gasteiger partial charge on any atom is 0.280 e. The first-order valence-corrected chi connectivity index (χ1v) is 8.76. The van der Waals surface area contributed by atoms with Crippen LogP contribution in [0.3, 0.4) is 0 Å². The largest absolute Gasteiger partial charge is 0.280 e. The zero-order valence-electron chi connectivity index (χ0n) is 14.4. The molecule has 1 heterocycles. The molecule has 4 rings (SSSR count). The summed E-state index contributed by atoms with van der Waals surface area (Å²) in [4.78, 5) is 30.1. The van der Waals surface area contributed by atoms with Crippen molar-refractivity contribution in [1.82, 2.24) is 9.66 Å². The van der Waals surface area contributed by atoms with Crippen molar-refractivity contribution in [3.05, 3.63) is 99.6 Å². The van der Waals surface area contributed by atoms with E-state index in [0.29, 0.717) is 21.5 Å². The highest BCUT2D eigenvalue weighted by Crippen LogP contribution is 2.21. The molecule has 1 N–H and O–H groups in total. The van der Waals surface area contributed by atoms with Gasteiger partial charge in [0, 0.05) is 10.6 Å². The summed E-state index contributed by atoms with van der Waals surface area (Å²) >= 11 is 5.95. The number of hydrogen-bond donors (Lipinski definition) is 1. The van der Waals surface area contributed by atoms with Crippen LogP contribution in [0.1, 0.15) is 10.4 Å². The van der Waals surface area contributed by atoms with Crippen molar-refractivity contribution in [1.29, 1.82) is 0 Å². The van der Waals surface area contributed by atoms with E-state index in [-0.39, 0.29) is 11.4 Å². The third kappa shape index (κ3) is 3.25. The highest BCUT2D eigenvalue weighted by Gasteiger charge is 2.17. The Morgan fingerprint density at radius 3 is 2.39 bits per heavy atom. The number of carbonyl (C=O) groups is 1. The fourth-order valence-corrected chi connectivity index (χ4v) is 2.96. The Kier molecular flexibility index (Phi) is 4.63. The molecular weight excluding hydrogens is 381 g/mol. The van der Waals surface area contributed by atoms with Gasteiger partial charge in [-0.3, -0.25) is 15.0 Å². The van der Waals surface area contributed by atoms with Crippen molar-refractivity contribution >= 4 is 28.4 Å². The number of nitrogens with zero attached hydrogens (tertiary/aromatic N) is 2. The molecule has 0 bridgehead atoms. The number of halogens is 2. The van der Waals surface area contributed by atoms with Gasteiger partial charge in [0.05, 0.1) is 16.5 Å². The predicted molar refractivity (Wildman–Crippen MR) is 107 cm³/mol. The van der Waals surface area contributed by atoms with Crippen LogP contribution >= 0.6 is 11.6 Å². The van der Waals surface area contributed by atoms with Crippen molar-refractivity contribution in [2.45, 2.75) is 0 Å². The summed E-state index contributed by atoms with van der Waals surface area (Å²) in [6, 6.07) is 19.0. The van der Waals surface area contributed by atoms with Crippen LogP contribution in [-0.2, 0) is 0 Å². The van der Waals surface area contributed by atoms with Crippen LogP contribution in [0.25, 0.3) is 22.3 Å². The number of hydrogen-bond acceptors (Lipinski definition) is 3. The van der Waals surface area contributed by atoms with Crippen molar-refractivity contribution in [3.8, 4) is 11.4 Å². The predicted octanol–water partition coefficient (Wildman–Crippen LogP) is 4.24. The smallest absolute Gasteiger partial charge is 0.267 e. The molecule has 28 heavy (non-hydrogen) atoms. The molecule has 5 nitrogen and oxygen atoms in total. The molecule has 0 fully saturated rings. The molecule has 0 radical (unpaired) electrons. The molecule has 0 aliphatic carbocycles. The van der Waals surface area contributed by atoms with E-state index in [0.717, 1.165) is 4.68 Å². The molecular formula is C21H13ClFN3O2. The minimum absolute atomic E-state index is 0.176. The number of fused-ring (bicyclic) bond motifs is 1. The van der Waals surface area contributed by atoms with Gasteiger partial charge in [-0.25, -0.2) is 9.37 Å². The zero-order chi connectivity index (χ0) is 19.7. The van der Waals surface area contributed by atoms with Crippen LogP contribution in [0, 0.1) is 5.82 Å². The van der Waals surface area contributed by atoms with Gasteiger partial charge in [-0.15, -0.1) is 0 Å². The highest BCUT2D eigenvalue weighted by molar-refractivity contribution is 6.30. The third-order valence-electron chi connectivity index (χ3n) is 4.21. The van der Waals surface area contributed by atoms with Crippen LogP contribution in [0.5, 0.6) is 0 Å². The summed E-state index contributed by atoms with van der Waals surface area (Å²) in [5.41, 5.74) is 2.87. The second-order valence-corrected chi connectivity index (χ2v) is 6.46. The number of aromatic nitrogens is 2. The average molecular weight is 394 g/mol. The van der Waals surface area contributed by atoms with Crippen LogP contribution in [0.4, 0.5) is 4.39 Å².